The van der Waals surface area contributed by atoms with E-state index in [0.717, 1.165) is 37.3 Å². The van der Waals surface area contributed by atoms with Crippen LogP contribution in [0.2, 0.25) is 10.0 Å². The fraction of sp³-hybridized carbons (Fsp3) is 0.429. The highest BCUT2D eigenvalue weighted by Crippen LogP contribution is 2.34. The summed E-state index contributed by atoms with van der Waals surface area (Å²) in [7, 11) is 1.63. The van der Waals surface area contributed by atoms with Gasteiger partial charge < -0.3 is 19.7 Å². The third kappa shape index (κ3) is 6.58. The first-order valence-corrected chi connectivity index (χ1v) is 10.00. The predicted octanol–water partition coefficient (Wildman–Crippen LogP) is 5.01. The first kappa shape index (κ1) is 21.8. The van der Waals surface area contributed by atoms with Crippen LogP contribution in [0.4, 0.5) is 0 Å². The predicted molar refractivity (Wildman–Crippen MR) is 113 cm³/mol. The van der Waals surface area contributed by atoms with Crippen molar-refractivity contribution in [3.8, 4) is 11.5 Å². The molecule has 6 heteroatoms. The molecule has 0 spiro atoms. The number of likely N-dealkylation sites (N-methyl/N-ethyl adjacent to an activating group) is 1. The van der Waals surface area contributed by atoms with Gasteiger partial charge in [-0.15, -0.1) is 0 Å². The van der Waals surface area contributed by atoms with Gasteiger partial charge in [0.05, 0.1) is 7.11 Å². The second-order valence-electron chi connectivity index (χ2n) is 6.18. The van der Waals surface area contributed by atoms with Gasteiger partial charge in [-0.3, -0.25) is 0 Å². The molecule has 0 aliphatic heterocycles. The lowest BCUT2D eigenvalue weighted by Crippen LogP contribution is -2.31. The van der Waals surface area contributed by atoms with E-state index < -0.39 is 0 Å². The molecule has 0 radical (unpaired) electrons. The normalized spacial score (nSPS) is 11.0. The third-order valence-corrected chi connectivity index (χ3v) is 5.21. The van der Waals surface area contributed by atoms with E-state index in [1.807, 2.05) is 30.3 Å². The van der Waals surface area contributed by atoms with E-state index in [1.54, 1.807) is 13.2 Å². The Morgan fingerprint density at radius 1 is 0.963 bits per heavy atom. The van der Waals surface area contributed by atoms with E-state index in [1.165, 1.54) is 0 Å². The van der Waals surface area contributed by atoms with Gasteiger partial charge in [0.15, 0.2) is 11.5 Å². The molecule has 0 saturated heterocycles. The second kappa shape index (κ2) is 11.4. The van der Waals surface area contributed by atoms with Crippen LogP contribution in [0, 0.1) is 0 Å². The lowest BCUT2D eigenvalue weighted by Gasteiger charge is -2.18. The van der Waals surface area contributed by atoms with Crippen LogP contribution in [0.25, 0.3) is 0 Å². The monoisotopic (exact) mass is 410 g/mol. The average Bonchev–Trinajstić information content (AvgIpc) is 2.68. The Hall–Kier alpha value is -1.46. The standard InChI is InChI=1S/C21H28Cl2N2O2/c1-4-25(5-2)11-10-24-14-17-12-20(26-3)21(13-19(17)23)27-15-16-8-6-7-9-18(16)22/h6-9,12-13,24H,4-5,10-11,14-15H2,1-3H3. The SMILES string of the molecule is CCN(CC)CCNCc1cc(OC)c(OCc2ccccc2Cl)cc1Cl. The van der Waals surface area contributed by atoms with E-state index in [0.29, 0.717) is 34.7 Å². The molecule has 4 nitrogen and oxygen atoms in total. The highest BCUT2D eigenvalue weighted by Gasteiger charge is 2.12. The molecule has 148 valence electrons. The Kier molecular flexibility index (Phi) is 9.22. The zero-order valence-corrected chi connectivity index (χ0v) is 17.7. The van der Waals surface area contributed by atoms with Crippen molar-refractivity contribution >= 4 is 23.2 Å². The van der Waals surface area contributed by atoms with Crippen molar-refractivity contribution in [2.24, 2.45) is 0 Å². The second-order valence-corrected chi connectivity index (χ2v) is 6.99. The van der Waals surface area contributed by atoms with Gasteiger partial charge in [0.1, 0.15) is 6.61 Å². The largest absolute Gasteiger partial charge is 0.493 e. The molecule has 0 aromatic heterocycles. The Morgan fingerprint density at radius 3 is 2.37 bits per heavy atom. The van der Waals surface area contributed by atoms with Gasteiger partial charge in [-0.2, -0.15) is 0 Å². The summed E-state index contributed by atoms with van der Waals surface area (Å²) >= 11 is 12.6. The summed E-state index contributed by atoms with van der Waals surface area (Å²) < 4.78 is 11.4. The van der Waals surface area contributed by atoms with Gasteiger partial charge >= 0.3 is 0 Å². The lowest BCUT2D eigenvalue weighted by molar-refractivity contribution is 0.284. The minimum atomic E-state index is 0.355. The number of methoxy groups -OCH3 is 1. The molecular formula is C21H28Cl2N2O2. The van der Waals surface area contributed by atoms with Gasteiger partial charge in [-0.25, -0.2) is 0 Å². The van der Waals surface area contributed by atoms with Crippen molar-refractivity contribution in [3.05, 3.63) is 57.6 Å². The zero-order chi connectivity index (χ0) is 19.6. The van der Waals surface area contributed by atoms with Gasteiger partial charge in [0.2, 0.25) is 0 Å². The topological polar surface area (TPSA) is 33.7 Å². The van der Waals surface area contributed by atoms with Crippen LogP contribution >= 0.6 is 23.2 Å². The summed E-state index contributed by atoms with van der Waals surface area (Å²) in [5, 5.41) is 4.77. The molecule has 0 aliphatic carbocycles. The Morgan fingerprint density at radius 2 is 1.70 bits per heavy atom. The molecule has 0 unspecified atom stereocenters. The number of nitrogens with one attached hydrogen (secondary N) is 1. The van der Waals surface area contributed by atoms with Gasteiger partial charge in [0.25, 0.3) is 0 Å². The molecular weight excluding hydrogens is 383 g/mol. The molecule has 2 aromatic rings. The van der Waals surface area contributed by atoms with Crippen LogP contribution in [0.1, 0.15) is 25.0 Å². The summed E-state index contributed by atoms with van der Waals surface area (Å²) in [6.07, 6.45) is 0. The van der Waals surface area contributed by atoms with Crippen LogP contribution in [-0.2, 0) is 13.2 Å². The highest BCUT2D eigenvalue weighted by atomic mass is 35.5. The summed E-state index contributed by atoms with van der Waals surface area (Å²) in [6.45, 7) is 9.43. The van der Waals surface area contributed by atoms with E-state index in [4.69, 9.17) is 32.7 Å². The van der Waals surface area contributed by atoms with Crippen molar-refractivity contribution in [2.75, 3.05) is 33.3 Å². The van der Waals surface area contributed by atoms with Crippen molar-refractivity contribution < 1.29 is 9.47 Å². The molecule has 0 bridgehead atoms. The van der Waals surface area contributed by atoms with Crippen molar-refractivity contribution in [1.29, 1.82) is 0 Å². The average molecular weight is 411 g/mol. The van der Waals surface area contributed by atoms with Crippen LogP contribution in [0.15, 0.2) is 36.4 Å². The molecule has 2 aromatic carbocycles. The lowest BCUT2D eigenvalue weighted by atomic mass is 10.2. The quantitative estimate of drug-likeness (QED) is 0.527. The first-order valence-electron chi connectivity index (χ1n) is 9.24. The van der Waals surface area contributed by atoms with Crippen LogP contribution in [-0.4, -0.2) is 38.2 Å². The van der Waals surface area contributed by atoms with Crippen LogP contribution in [0.3, 0.4) is 0 Å². The number of hydrogen-bond donors (Lipinski definition) is 1. The maximum atomic E-state index is 6.46. The Bertz CT molecular complexity index is 721. The molecule has 0 heterocycles. The Balaban J connectivity index is 1.98. The molecule has 27 heavy (non-hydrogen) atoms. The summed E-state index contributed by atoms with van der Waals surface area (Å²) in [4.78, 5) is 2.38. The molecule has 1 N–H and O–H groups in total. The smallest absolute Gasteiger partial charge is 0.163 e. The van der Waals surface area contributed by atoms with Crippen molar-refractivity contribution in [3.63, 3.8) is 0 Å². The summed E-state index contributed by atoms with van der Waals surface area (Å²) in [5.74, 6) is 1.27. The number of nitrogens with zero attached hydrogens (tertiary/aromatic N) is 1. The Labute approximate surface area is 172 Å². The molecule has 0 atom stereocenters. The van der Waals surface area contributed by atoms with Gasteiger partial charge in [-0.1, -0.05) is 55.2 Å². The number of hydrogen-bond acceptors (Lipinski definition) is 4. The summed E-state index contributed by atoms with van der Waals surface area (Å²) in [6, 6.07) is 11.3. The van der Waals surface area contributed by atoms with E-state index in [2.05, 4.69) is 24.1 Å². The minimum Gasteiger partial charge on any atom is -0.493 e. The van der Waals surface area contributed by atoms with Gasteiger partial charge in [-0.05, 0) is 30.8 Å². The third-order valence-electron chi connectivity index (χ3n) is 4.49. The molecule has 0 amide bonds. The van der Waals surface area contributed by atoms with Crippen LogP contribution in [0.5, 0.6) is 11.5 Å². The number of rotatable bonds is 11. The number of halogens is 2. The number of benzene rings is 2. The van der Waals surface area contributed by atoms with Crippen molar-refractivity contribution in [2.45, 2.75) is 27.0 Å². The molecule has 2 rings (SSSR count). The number of ether oxygens (including phenoxy) is 2. The van der Waals surface area contributed by atoms with E-state index in [-0.39, 0.29) is 0 Å². The first-order chi connectivity index (χ1) is 13.1. The fourth-order valence-corrected chi connectivity index (χ4v) is 3.17. The maximum Gasteiger partial charge on any atom is 0.163 e. The minimum absolute atomic E-state index is 0.355. The summed E-state index contributed by atoms with van der Waals surface area (Å²) in [5.41, 5.74) is 1.90. The fourth-order valence-electron chi connectivity index (χ4n) is 2.76. The maximum absolute atomic E-state index is 6.46. The highest BCUT2D eigenvalue weighted by molar-refractivity contribution is 6.31. The zero-order valence-electron chi connectivity index (χ0n) is 16.2. The van der Waals surface area contributed by atoms with E-state index >= 15 is 0 Å². The van der Waals surface area contributed by atoms with E-state index in [9.17, 15) is 0 Å². The molecule has 0 aliphatic rings. The van der Waals surface area contributed by atoms with Crippen LogP contribution < -0.4 is 14.8 Å². The molecule has 0 fully saturated rings. The molecule has 0 saturated carbocycles. The van der Waals surface area contributed by atoms with Crippen molar-refractivity contribution in [1.82, 2.24) is 10.2 Å². The van der Waals surface area contributed by atoms with Gasteiger partial charge in [0, 0.05) is 41.3 Å².